The Morgan fingerprint density at radius 3 is 2.77 bits per heavy atom. The minimum atomic E-state index is -0.264. The number of likely N-dealkylation sites (tertiary alicyclic amines) is 1. The number of hydrogen-bond donors (Lipinski definition) is 2. The summed E-state index contributed by atoms with van der Waals surface area (Å²) in [5, 5.41) is 3.33. The highest BCUT2D eigenvalue weighted by Gasteiger charge is 2.26. The molecule has 2 amide bonds. The van der Waals surface area contributed by atoms with Gasteiger partial charge in [-0.05, 0) is 38.3 Å². The highest BCUT2D eigenvalue weighted by atomic mass is 32.2. The van der Waals surface area contributed by atoms with Crippen LogP contribution in [0.1, 0.15) is 56.3 Å². The molecular weight excluding hydrogens is 348 g/mol. The second-order valence-corrected chi connectivity index (χ2v) is 8.03. The Morgan fingerprint density at radius 1 is 1.38 bits per heavy atom. The van der Waals surface area contributed by atoms with Gasteiger partial charge >= 0.3 is 0 Å². The number of rotatable bonds is 9. The van der Waals surface area contributed by atoms with E-state index in [2.05, 4.69) is 17.2 Å². The van der Waals surface area contributed by atoms with E-state index in [-0.39, 0.29) is 23.1 Å². The predicted molar refractivity (Wildman–Crippen MR) is 105 cm³/mol. The molecule has 1 saturated heterocycles. The topological polar surface area (TPSA) is 88.3 Å². The lowest BCUT2D eigenvalue weighted by Crippen LogP contribution is -2.40. The van der Waals surface area contributed by atoms with Crippen LogP contribution in [0.15, 0.2) is 23.4 Å². The molecule has 0 bridgehead atoms. The quantitative estimate of drug-likeness (QED) is 0.644. The van der Waals surface area contributed by atoms with E-state index in [1.807, 2.05) is 11.8 Å². The van der Waals surface area contributed by atoms with Crippen molar-refractivity contribution in [1.29, 1.82) is 0 Å². The number of hydrogen-bond acceptors (Lipinski definition) is 5. The Bertz CT molecular complexity index is 605. The van der Waals surface area contributed by atoms with Gasteiger partial charge < -0.3 is 16.0 Å². The maximum atomic E-state index is 12.7. The highest BCUT2D eigenvalue weighted by molar-refractivity contribution is 8.00. The zero-order valence-corrected chi connectivity index (χ0v) is 16.6. The molecule has 2 unspecified atom stereocenters. The summed E-state index contributed by atoms with van der Waals surface area (Å²) in [5.41, 5.74) is 6.29. The molecule has 1 aliphatic heterocycles. The number of amides is 2. The average molecular weight is 379 g/mol. The number of carbonyl (C=O) groups excluding carboxylic acids is 2. The smallest absolute Gasteiger partial charge is 0.254 e. The first-order valence-electron chi connectivity index (χ1n) is 9.48. The van der Waals surface area contributed by atoms with E-state index in [0.717, 1.165) is 45.2 Å². The molecule has 144 valence electrons. The Kier molecular flexibility index (Phi) is 8.38. The van der Waals surface area contributed by atoms with Crippen LogP contribution in [0.4, 0.5) is 0 Å². The van der Waals surface area contributed by atoms with Crippen molar-refractivity contribution >= 4 is 23.6 Å². The van der Waals surface area contributed by atoms with E-state index < -0.39 is 0 Å². The third kappa shape index (κ3) is 5.71. The molecule has 7 heteroatoms. The van der Waals surface area contributed by atoms with Crippen molar-refractivity contribution in [2.24, 2.45) is 5.73 Å². The molecule has 0 radical (unpaired) electrons. The zero-order valence-electron chi connectivity index (χ0n) is 15.7. The van der Waals surface area contributed by atoms with Gasteiger partial charge in [0.25, 0.3) is 5.91 Å². The SMILES string of the molecule is CCCCC(CN)NC(=O)c1cccnc1SC(C)C(=O)N1CCCC1. The molecule has 6 nitrogen and oxygen atoms in total. The molecule has 0 spiro atoms. The van der Waals surface area contributed by atoms with Gasteiger partial charge in [0.05, 0.1) is 10.8 Å². The minimum Gasteiger partial charge on any atom is -0.348 e. The van der Waals surface area contributed by atoms with Crippen LogP contribution < -0.4 is 11.1 Å². The van der Waals surface area contributed by atoms with Gasteiger partial charge in [0.15, 0.2) is 0 Å². The van der Waals surface area contributed by atoms with Crippen molar-refractivity contribution in [2.75, 3.05) is 19.6 Å². The first-order valence-corrected chi connectivity index (χ1v) is 10.4. The Labute approximate surface area is 160 Å². The number of aromatic nitrogens is 1. The summed E-state index contributed by atoms with van der Waals surface area (Å²) in [7, 11) is 0. The van der Waals surface area contributed by atoms with Gasteiger partial charge in [-0.25, -0.2) is 4.98 Å². The molecule has 2 heterocycles. The molecule has 26 heavy (non-hydrogen) atoms. The van der Waals surface area contributed by atoms with E-state index in [1.165, 1.54) is 11.8 Å². The molecule has 2 rings (SSSR count). The fourth-order valence-corrected chi connectivity index (χ4v) is 4.03. The maximum Gasteiger partial charge on any atom is 0.254 e. The fraction of sp³-hybridized carbons (Fsp3) is 0.632. The normalized spacial score (nSPS) is 16.3. The van der Waals surface area contributed by atoms with Gasteiger partial charge in [0.1, 0.15) is 5.03 Å². The zero-order chi connectivity index (χ0) is 18.9. The van der Waals surface area contributed by atoms with Crippen LogP contribution in [0.2, 0.25) is 0 Å². The van der Waals surface area contributed by atoms with Crippen LogP contribution in [0.3, 0.4) is 0 Å². The average Bonchev–Trinajstić information content (AvgIpc) is 3.19. The Hall–Kier alpha value is -1.60. The third-order valence-electron chi connectivity index (χ3n) is 4.60. The molecule has 0 aliphatic carbocycles. The summed E-state index contributed by atoms with van der Waals surface area (Å²) in [6, 6.07) is 3.46. The maximum absolute atomic E-state index is 12.7. The van der Waals surface area contributed by atoms with Crippen LogP contribution >= 0.6 is 11.8 Å². The minimum absolute atomic E-state index is 0.0378. The molecule has 1 fully saturated rings. The van der Waals surface area contributed by atoms with Crippen molar-refractivity contribution in [2.45, 2.75) is 62.3 Å². The first kappa shape index (κ1) is 20.7. The lowest BCUT2D eigenvalue weighted by molar-refractivity contribution is -0.129. The number of pyridine rings is 1. The summed E-state index contributed by atoms with van der Waals surface area (Å²) in [4.78, 5) is 31.5. The Morgan fingerprint density at radius 2 is 2.12 bits per heavy atom. The predicted octanol–water partition coefficient (Wildman–Crippen LogP) is 2.43. The molecule has 0 aromatic carbocycles. The molecule has 2 atom stereocenters. The van der Waals surface area contributed by atoms with Crippen LogP contribution in [-0.4, -0.2) is 52.6 Å². The standard InChI is InChI=1S/C19H30N4O2S/c1-3-4-8-15(13-20)22-17(24)16-9-7-10-21-18(16)26-14(2)19(25)23-11-5-6-12-23/h7,9-10,14-15H,3-6,8,11-13,20H2,1-2H3,(H,22,24). The van der Waals surface area contributed by atoms with Gasteiger partial charge in [-0.2, -0.15) is 0 Å². The van der Waals surface area contributed by atoms with Gasteiger partial charge in [0, 0.05) is 31.9 Å². The number of nitrogens with one attached hydrogen (secondary N) is 1. The van der Waals surface area contributed by atoms with E-state index in [4.69, 9.17) is 5.73 Å². The second-order valence-electron chi connectivity index (χ2n) is 6.70. The summed E-state index contributed by atoms with van der Waals surface area (Å²) in [5.74, 6) is -0.0553. The fourth-order valence-electron chi connectivity index (χ4n) is 3.03. The van der Waals surface area contributed by atoms with Crippen molar-refractivity contribution in [3.05, 3.63) is 23.9 Å². The van der Waals surface area contributed by atoms with Crippen LogP contribution in [0, 0.1) is 0 Å². The lowest BCUT2D eigenvalue weighted by Gasteiger charge is -2.21. The highest BCUT2D eigenvalue weighted by Crippen LogP contribution is 2.27. The monoisotopic (exact) mass is 378 g/mol. The summed E-state index contributed by atoms with van der Waals surface area (Å²) in [6.07, 6.45) is 6.75. The number of unbranched alkanes of at least 4 members (excludes halogenated alkanes) is 1. The molecular formula is C19H30N4O2S. The van der Waals surface area contributed by atoms with Gasteiger partial charge in [-0.1, -0.05) is 31.5 Å². The van der Waals surface area contributed by atoms with Crippen molar-refractivity contribution in [1.82, 2.24) is 15.2 Å². The molecule has 1 aromatic heterocycles. The van der Waals surface area contributed by atoms with Gasteiger partial charge in [0.2, 0.25) is 5.91 Å². The van der Waals surface area contributed by atoms with Crippen LogP contribution in [0.25, 0.3) is 0 Å². The molecule has 1 aliphatic rings. The van der Waals surface area contributed by atoms with Gasteiger partial charge in [-0.3, -0.25) is 9.59 Å². The van der Waals surface area contributed by atoms with E-state index >= 15 is 0 Å². The summed E-state index contributed by atoms with van der Waals surface area (Å²) in [6.45, 7) is 6.07. The van der Waals surface area contributed by atoms with Gasteiger partial charge in [-0.15, -0.1) is 0 Å². The van der Waals surface area contributed by atoms with Crippen LogP contribution in [0.5, 0.6) is 0 Å². The summed E-state index contributed by atoms with van der Waals surface area (Å²) < 4.78 is 0. The lowest BCUT2D eigenvalue weighted by atomic mass is 10.1. The molecule has 1 aromatic rings. The van der Waals surface area contributed by atoms with E-state index in [0.29, 0.717) is 17.1 Å². The number of thioether (sulfide) groups is 1. The summed E-state index contributed by atoms with van der Waals surface area (Å²) >= 11 is 1.35. The van der Waals surface area contributed by atoms with E-state index in [1.54, 1.807) is 18.3 Å². The largest absolute Gasteiger partial charge is 0.348 e. The molecule has 0 saturated carbocycles. The van der Waals surface area contributed by atoms with Crippen LogP contribution in [-0.2, 0) is 4.79 Å². The third-order valence-corrected chi connectivity index (χ3v) is 5.70. The number of nitrogens with zero attached hydrogens (tertiary/aromatic N) is 2. The van der Waals surface area contributed by atoms with Crippen molar-refractivity contribution in [3.8, 4) is 0 Å². The first-order chi connectivity index (χ1) is 12.6. The molecule has 3 N–H and O–H groups in total. The van der Waals surface area contributed by atoms with E-state index in [9.17, 15) is 9.59 Å². The number of nitrogens with two attached hydrogens (primary N) is 1. The number of carbonyl (C=O) groups is 2. The second kappa shape index (κ2) is 10.5. The van der Waals surface area contributed by atoms with Crippen molar-refractivity contribution < 1.29 is 9.59 Å². The van der Waals surface area contributed by atoms with Crippen molar-refractivity contribution in [3.63, 3.8) is 0 Å². The Balaban J connectivity index is 2.03.